The van der Waals surface area contributed by atoms with Crippen LogP contribution >= 0.6 is 11.8 Å². The fourth-order valence-corrected chi connectivity index (χ4v) is 1.65. The van der Waals surface area contributed by atoms with E-state index in [4.69, 9.17) is 5.11 Å². The lowest BCUT2D eigenvalue weighted by Gasteiger charge is -2.07. The van der Waals surface area contributed by atoms with Gasteiger partial charge in [0, 0.05) is 6.20 Å². The number of nitrogens with zero attached hydrogens (tertiary/aromatic N) is 1. The number of aromatic carboxylic acids is 1. The van der Waals surface area contributed by atoms with Crippen LogP contribution in [0.3, 0.4) is 0 Å². The van der Waals surface area contributed by atoms with Crippen LogP contribution in [0.5, 0.6) is 0 Å². The summed E-state index contributed by atoms with van der Waals surface area (Å²) in [6.45, 7) is -1.37. The Balaban J connectivity index is 2.49. The number of carboxylic acid groups (broad SMARTS) is 1. The Morgan fingerprint density at radius 3 is 2.82 bits per heavy atom. The number of aromatic nitrogens is 1. The molecule has 8 heteroatoms. The van der Waals surface area contributed by atoms with Gasteiger partial charge in [-0.2, -0.15) is 13.2 Å². The van der Waals surface area contributed by atoms with Crippen molar-refractivity contribution < 1.29 is 27.8 Å². The van der Waals surface area contributed by atoms with Gasteiger partial charge in [-0.1, -0.05) is 11.8 Å². The Kier molecular flexibility index (Phi) is 4.76. The summed E-state index contributed by atoms with van der Waals surface area (Å²) < 4.78 is 39.6. The first-order valence-corrected chi connectivity index (χ1v) is 5.34. The number of halogens is 3. The van der Waals surface area contributed by atoms with Gasteiger partial charge in [0.25, 0.3) is 0 Å². The number of hydrogen-bond acceptors (Lipinski definition) is 4. The van der Waals surface area contributed by atoms with Crippen LogP contribution in [-0.4, -0.2) is 34.8 Å². The minimum Gasteiger partial charge on any atom is -0.478 e. The highest BCUT2D eigenvalue weighted by atomic mass is 32.2. The second-order valence-electron chi connectivity index (χ2n) is 2.89. The summed E-state index contributed by atoms with van der Waals surface area (Å²) in [6.07, 6.45) is -3.03. The molecule has 0 fully saturated rings. The van der Waals surface area contributed by atoms with E-state index in [1.807, 2.05) is 0 Å². The number of carboxylic acids is 1. The molecule has 0 aromatic carbocycles. The van der Waals surface area contributed by atoms with Crippen molar-refractivity contribution >= 4 is 17.7 Å². The molecule has 0 atom stereocenters. The third-order valence-corrected chi connectivity index (χ3v) is 2.43. The second kappa shape index (κ2) is 5.87. The predicted octanol–water partition coefficient (Wildman–Crippen LogP) is 2.41. The lowest BCUT2D eigenvalue weighted by molar-refractivity contribution is -0.168. The molecule has 1 heterocycles. The van der Waals surface area contributed by atoms with Crippen LogP contribution < -0.4 is 0 Å². The van der Waals surface area contributed by atoms with Gasteiger partial charge < -0.3 is 9.84 Å². The van der Waals surface area contributed by atoms with E-state index in [1.54, 1.807) is 0 Å². The fraction of sp³-hybridized carbons (Fsp3) is 0.333. The van der Waals surface area contributed by atoms with Crippen LogP contribution in [0.25, 0.3) is 0 Å². The first-order valence-electron chi connectivity index (χ1n) is 4.36. The van der Waals surface area contributed by atoms with Crippen LogP contribution in [0, 0.1) is 0 Å². The molecular formula is C9H8F3NO3S. The number of carbonyl (C=O) groups is 1. The van der Waals surface area contributed by atoms with Gasteiger partial charge in [-0.25, -0.2) is 9.78 Å². The third-order valence-electron chi connectivity index (χ3n) is 1.55. The van der Waals surface area contributed by atoms with E-state index in [0.29, 0.717) is 0 Å². The zero-order valence-corrected chi connectivity index (χ0v) is 9.22. The lowest BCUT2D eigenvalue weighted by Crippen LogP contribution is -2.16. The first kappa shape index (κ1) is 13.8. The van der Waals surface area contributed by atoms with E-state index < -0.39 is 18.8 Å². The summed E-state index contributed by atoms with van der Waals surface area (Å²) in [5, 5.41) is 8.90. The van der Waals surface area contributed by atoms with E-state index in [-0.39, 0.29) is 16.5 Å². The van der Waals surface area contributed by atoms with E-state index in [0.717, 1.165) is 11.8 Å². The van der Waals surface area contributed by atoms with Crippen LogP contribution in [0.15, 0.2) is 23.4 Å². The zero-order valence-electron chi connectivity index (χ0n) is 8.40. The summed E-state index contributed by atoms with van der Waals surface area (Å²) in [4.78, 5) is 14.5. The van der Waals surface area contributed by atoms with Crippen molar-refractivity contribution in [3.63, 3.8) is 0 Å². The molecule has 17 heavy (non-hydrogen) atoms. The Morgan fingerprint density at radius 2 is 2.24 bits per heavy atom. The monoisotopic (exact) mass is 267 g/mol. The van der Waals surface area contributed by atoms with Crippen LogP contribution in [-0.2, 0) is 4.74 Å². The number of ether oxygens (including phenoxy) is 1. The van der Waals surface area contributed by atoms with Crippen molar-refractivity contribution in [2.75, 3.05) is 12.5 Å². The van der Waals surface area contributed by atoms with Gasteiger partial charge >= 0.3 is 12.1 Å². The number of thioether (sulfide) groups is 1. The van der Waals surface area contributed by atoms with Crippen LogP contribution in [0.4, 0.5) is 13.2 Å². The smallest absolute Gasteiger partial charge is 0.411 e. The third kappa shape index (κ3) is 5.05. The Hall–Kier alpha value is -1.28. The largest absolute Gasteiger partial charge is 0.478 e. The predicted molar refractivity (Wildman–Crippen MR) is 53.9 cm³/mol. The van der Waals surface area contributed by atoms with Gasteiger partial charge in [0.2, 0.25) is 0 Å². The average molecular weight is 267 g/mol. The first-order chi connectivity index (χ1) is 7.90. The molecule has 0 unspecified atom stereocenters. The molecule has 0 aliphatic rings. The van der Waals surface area contributed by atoms with Gasteiger partial charge in [0.05, 0.1) is 11.5 Å². The number of pyridine rings is 1. The summed E-state index contributed by atoms with van der Waals surface area (Å²) in [6, 6.07) is 2.76. The SMILES string of the molecule is O=C(O)c1cccnc1SCOCC(F)(F)F. The summed E-state index contributed by atoms with van der Waals surface area (Å²) in [5.41, 5.74) is -0.0619. The minimum absolute atomic E-state index is 0.0619. The van der Waals surface area contributed by atoms with Crippen molar-refractivity contribution in [2.45, 2.75) is 11.2 Å². The van der Waals surface area contributed by atoms with Crippen molar-refractivity contribution in [2.24, 2.45) is 0 Å². The molecule has 0 saturated heterocycles. The van der Waals surface area contributed by atoms with E-state index in [2.05, 4.69) is 9.72 Å². The quantitative estimate of drug-likeness (QED) is 0.504. The fourth-order valence-electron chi connectivity index (χ4n) is 0.923. The lowest BCUT2D eigenvalue weighted by atomic mass is 10.3. The van der Waals surface area contributed by atoms with Crippen molar-refractivity contribution in [1.29, 1.82) is 0 Å². The van der Waals surface area contributed by atoms with Crippen LogP contribution in [0.2, 0.25) is 0 Å². The summed E-state index contributed by atoms with van der Waals surface area (Å²) >= 11 is 0.802. The second-order valence-corrected chi connectivity index (χ2v) is 3.80. The highest BCUT2D eigenvalue weighted by molar-refractivity contribution is 7.99. The highest BCUT2D eigenvalue weighted by Gasteiger charge is 2.27. The normalized spacial score (nSPS) is 11.5. The number of rotatable bonds is 5. The molecule has 1 rings (SSSR count). The molecule has 94 valence electrons. The Labute approximate surface area is 98.8 Å². The highest BCUT2D eigenvalue weighted by Crippen LogP contribution is 2.21. The van der Waals surface area contributed by atoms with Crippen LogP contribution in [0.1, 0.15) is 10.4 Å². The number of hydrogen-bond donors (Lipinski definition) is 1. The van der Waals surface area contributed by atoms with E-state index >= 15 is 0 Å². The molecule has 0 bridgehead atoms. The van der Waals surface area contributed by atoms with E-state index in [1.165, 1.54) is 18.3 Å². The van der Waals surface area contributed by atoms with Gasteiger partial charge in [-0.05, 0) is 12.1 Å². The van der Waals surface area contributed by atoms with Gasteiger partial charge in [0.15, 0.2) is 0 Å². The van der Waals surface area contributed by atoms with Gasteiger partial charge in [-0.15, -0.1) is 0 Å². The molecular weight excluding hydrogens is 259 g/mol. The topological polar surface area (TPSA) is 59.4 Å². The molecule has 0 spiro atoms. The number of alkyl halides is 3. The van der Waals surface area contributed by atoms with Crippen molar-refractivity contribution in [3.8, 4) is 0 Å². The summed E-state index contributed by atoms with van der Waals surface area (Å²) in [7, 11) is 0. The standard InChI is InChI=1S/C9H8F3NO3S/c10-9(11,12)4-16-5-17-7-6(8(14)15)2-1-3-13-7/h1-3H,4-5H2,(H,14,15). The molecule has 0 amide bonds. The Morgan fingerprint density at radius 1 is 1.53 bits per heavy atom. The molecule has 0 radical (unpaired) electrons. The molecule has 1 aromatic heterocycles. The van der Waals surface area contributed by atoms with E-state index in [9.17, 15) is 18.0 Å². The van der Waals surface area contributed by atoms with Gasteiger partial charge in [0.1, 0.15) is 11.6 Å². The maximum atomic E-state index is 11.7. The molecule has 0 aliphatic heterocycles. The molecule has 1 N–H and O–H groups in total. The maximum absolute atomic E-state index is 11.7. The average Bonchev–Trinajstić information content (AvgIpc) is 2.23. The van der Waals surface area contributed by atoms with Crippen molar-refractivity contribution in [3.05, 3.63) is 23.9 Å². The molecule has 0 aliphatic carbocycles. The Bertz CT molecular complexity index is 397. The zero-order chi connectivity index (χ0) is 12.9. The molecule has 4 nitrogen and oxygen atoms in total. The summed E-state index contributed by atoms with van der Waals surface area (Å²) in [5.74, 6) is -1.49. The minimum atomic E-state index is -4.39. The molecule has 0 saturated carbocycles. The van der Waals surface area contributed by atoms with Crippen molar-refractivity contribution in [1.82, 2.24) is 4.98 Å². The maximum Gasteiger partial charge on any atom is 0.411 e. The molecule has 1 aromatic rings. The van der Waals surface area contributed by atoms with Gasteiger partial charge in [-0.3, -0.25) is 0 Å².